The molecule has 8 rings (SSSR count). The van der Waals surface area contributed by atoms with Crippen molar-refractivity contribution in [2.45, 2.75) is 69.7 Å². The van der Waals surface area contributed by atoms with E-state index in [2.05, 4.69) is 37.9 Å². The van der Waals surface area contributed by atoms with Gasteiger partial charge in [0.15, 0.2) is 5.82 Å². The number of alkyl halides is 1. The molecule has 2 unspecified atom stereocenters. The van der Waals surface area contributed by atoms with Gasteiger partial charge in [0.25, 0.3) is 0 Å². The predicted molar refractivity (Wildman–Crippen MR) is 182 cm³/mol. The average Bonchev–Trinajstić information content (AvgIpc) is 3.73. The van der Waals surface area contributed by atoms with E-state index in [1.165, 1.54) is 24.3 Å². The van der Waals surface area contributed by atoms with Crippen LogP contribution in [0.15, 0.2) is 24.3 Å². The second-order valence-corrected chi connectivity index (χ2v) is 14.2. The van der Waals surface area contributed by atoms with E-state index in [9.17, 15) is 9.50 Å². The van der Waals surface area contributed by atoms with Crippen LogP contribution in [0.4, 0.5) is 19.0 Å². The third kappa shape index (κ3) is 5.50. The van der Waals surface area contributed by atoms with Crippen molar-refractivity contribution in [1.82, 2.24) is 25.2 Å². The van der Waals surface area contributed by atoms with Crippen LogP contribution < -0.4 is 15.0 Å². The van der Waals surface area contributed by atoms with Gasteiger partial charge in [-0.05, 0) is 61.7 Å². The summed E-state index contributed by atoms with van der Waals surface area (Å²) in [5, 5.41) is 15.4. The Morgan fingerprint density at radius 1 is 1.10 bits per heavy atom. The van der Waals surface area contributed by atoms with Gasteiger partial charge in [0.05, 0.1) is 16.5 Å². The van der Waals surface area contributed by atoms with Gasteiger partial charge in [-0.3, -0.25) is 4.90 Å². The average molecular weight is 667 g/mol. The van der Waals surface area contributed by atoms with Crippen molar-refractivity contribution in [1.29, 1.82) is 0 Å². The number of phenolic OH excluding ortho intramolecular Hbond substituents is 1. The van der Waals surface area contributed by atoms with Gasteiger partial charge in [-0.1, -0.05) is 31.8 Å². The topological polar surface area (TPSA) is 86.6 Å². The van der Waals surface area contributed by atoms with Gasteiger partial charge in [-0.15, -0.1) is 6.42 Å². The highest BCUT2D eigenvalue weighted by Crippen LogP contribution is 2.42. The third-order valence-corrected chi connectivity index (χ3v) is 10.4. The van der Waals surface area contributed by atoms with Crippen molar-refractivity contribution >= 4 is 27.5 Å². The van der Waals surface area contributed by atoms with Crippen LogP contribution in [0.3, 0.4) is 0 Å². The lowest BCUT2D eigenvalue weighted by Crippen LogP contribution is -2.51. The predicted octanol–water partition coefficient (Wildman–Crippen LogP) is 5.71. The highest BCUT2D eigenvalue weighted by Gasteiger charge is 2.49. The first-order valence-electron chi connectivity index (χ1n) is 17.0. The summed E-state index contributed by atoms with van der Waals surface area (Å²) in [6.07, 6.45) is 8.97. The number of halogens is 3. The zero-order valence-corrected chi connectivity index (χ0v) is 27.5. The molecule has 0 saturated carbocycles. The van der Waals surface area contributed by atoms with Crippen molar-refractivity contribution in [3.05, 3.63) is 47.2 Å². The van der Waals surface area contributed by atoms with Crippen molar-refractivity contribution in [3.63, 3.8) is 0 Å². The molecule has 4 aliphatic heterocycles. The zero-order chi connectivity index (χ0) is 34.0. The van der Waals surface area contributed by atoms with Gasteiger partial charge in [-0.25, -0.2) is 18.2 Å². The van der Waals surface area contributed by atoms with Crippen LogP contribution >= 0.6 is 0 Å². The Kier molecular flexibility index (Phi) is 7.81. The van der Waals surface area contributed by atoms with E-state index in [0.717, 1.165) is 32.2 Å². The number of aromatic nitrogens is 3. The summed E-state index contributed by atoms with van der Waals surface area (Å²) < 4.78 is 53.2. The second-order valence-electron chi connectivity index (χ2n) is 14.2. The smallest absolute Gasteiger partial charge is 0.319 e. The lowest BCUT2D eigenvalue weighted by atomic mass is 9.95. The number of hydrogen-bond acceptors (Lipinski definition) is 8. The molecule has 0 radical (unpaired) electrons. The summed E-state index contributed by atoms with van der Waals surface area (Å²) in [7, 11) is 0. The van der Waals surface area contributed by atoms with E-state index in [4.69, 9.17) is 21.1 Å². The van der Waals surface area contributed by atoms with Crippen LogP contribution in [0, 0.1) is 41.7 Å². The lowest BCUT2D eigenvalue weighted by Gasteiger charge is -2.35. The van der Waals surface area contributed by atoms with Crippen molar-refractivity contribution < 1.29 is 23.0 Å². The van der Waals surface area contributed by atoms with Crippen LogP contribution in [0.2, 0.25) is 0 Å². The Hall–Kier alpha value is -4.58. The molecular formula is C38H37F3N6O2. The largest absolute Gasteiger partial charge is 0.508 e. The Balaban J connectivity index is 1.36. The standard InChI is InChI=1S/C38H37F3N6O2/c1-4-27-29(40)10-7-22-14-26(48)15-28(31(22)27)34-33(41)35-32(30(43-34)11-6-21(2)3)36(46-18-24-8-9-25(19-46)42-24)45-37(44-35)49-20-38-12-5-13-47(38)17-23(39)16-38/h1,7,10,14-15,21,23-25,42,48H,5,8-9,12-13,16-20H2,2-3H3/t23-,24?,25?,38+/m1/s1. The summed E-state index contributed by atoms with van der Waals surface area (Å²) >= 11 is 0. The number of pyridine rings is 1. The van der Waals surface area contributed by atoms with Crippen molar-refractivity contribution in [3.8, 4) is 47.2 Å². The van der Waals surface area contributed by atoms with Gasteiger partial charge in [0.1, 0.15) is 47.1 Å². The molecule has 252 valence electrons. The summed E-state index contributed by atoms with van der Waals surface area (Å²) in [4.78, 5) is 18.6. The number of fused-ring (bicyclic) bond motifs is 5. The Morgan fingerprint density at radius 3 is 2.65 bits per heavy atom. The fourth-order valence-electron chi connectivity index (χ4n) is 8.28. The molecule has 6 heterocycles. The maximum Gasteiger partial charge on any atom is 0.319 e. The first kappa shape index (κ1) is 31.7. The fourth-order valence-corrected chi connectivity index (χ4v) is 8.28. The third-order valence-electron chi connectivity index (χ3n) is 10.4. The molecule has 2 N–H and O–H groups in total. The number of benzene rings is 2. The Morgan fingerprint density at radius 2 is 1.90 bits per heavy atom. The maximum atomic E-state index is 17.3. The SMILES string of the molecule is C#Cc1c(F)ccc2cc(O)cc(-c3nc(C#CC(C)C)c4c(N5CC6CCC(C5)N6)nc(OC[C@@]56CCCN5C[C@H](F)C6)nc4c3F)c12. The van der Waals surface area contributed by atoms with Crippen molar-refractivity contribution in [2.24, 2.45) is 5.92 Å². The summed E-state index contributed by atoms with van der Waals surface area (Å²) in [6.45, 7) is 6.52. The van der Waals surface area contributed by atoms with Crippen LogP contribution in [0.5, 0.6) is 11.8 Å². The minimum atomic E-state index is -0.934. The van der Waals surface area contributed by atoms with Gasteiger partial charge < -0.3 is 20.1 Å². The molecule has 2 aromatic carbocycles. The molecule has 8 nitrogen and oxygen atoms in total. The molecule has 4 atom stereocenters. The lowest BCUT2D eigenvalue weighted by molar-refractivity contribution is 0.107. The van der Waals surface area contributed by atoms with E-state index in [-0.39, 0.29) is 69.8 Å². The summed E-state index contributed by atoms with van der Waals surface area (Å²) in [5.41, 5.74) is -0.420. The first-order valence-corrected chi connectivity index (χ1v) is 17.0. The molecule has 0 aliphatic carbocycles. The number of phenols is 1. The molecule has 4 aliphatic rings. The molecular weight excluding hydrogens is 629 g/mol. The maximum absolute atomic E-state index is 17.3. The van der Waals surface area contributed by atoms with Crippen LogP contribution in [-0.2, 0) is 0 Å². The minimum Gasteiger partial charge on any atom is -0.508 e. The van der Waals surface area contributed by atoms with Gasteiger partial charge in [-0.2, -0.15) is 9.97 Å². The Labute approximate surface area is 283 Å². The summed E-state index contributed by atoms with van der Waals surface area (Å²) in [5.74, 6) is 7.53. The number of anilines is 1. The minimum absolute atomic E-state index is 0.0214. The highest BCUT2D eigenvalue weighted by molar-refractivity contribution is 6.04. The number of nitrogens with zero attached hydrogens (tertiary/aromatic N) is 5. The summed E-state index contributed by atoms with van der Waals surface area (Å²) in [6, 6.07) is 5.94. The zero-order valence-electron chi connectivity index (χ0n) is 27.5. The van der Waals surface area contributed by atoms with Gasteiger partial charge >= 0.3 is 6.01 Å². The number of terminal acetylenes is 1. The molecule has 4 aromatic rings. The highest BCUT2D eigenvalue weighted by atomic mass is 19.1. The molecule has 0 spiro atoms. The van der Waals surface area contributed by atoms with Crippen LogP contribution in [0.1, 0.15) is 57.2 Å². The number of aromatic hydroxyl groups is 1. The molecule has 49 heavy (non-hydrogen) atoms. The van der Waals surface area contributed by atoms with E-state index >= 15 is 8.78 Å². The molecule has 2 bridgehead atoms. The molecule has 4 saturated heterocycles. The Bertz CT molecular complexity index is 2090. The van der Waals surface area contributed by atoms with Gasteiger partial charge in [0.2, 0.25) is 0 Å². The van der Waals surface area contributed by atoms with Crippen molar-refractivity contribution in [2.75, 3.05) is 37.7 Å². The van der Waals surface area contributed by atoms with E-state index < -0.39 is 23.3 Å². The van der Waals surface area contributed by atoms with Crippen LogP contribution in [-0.4, -0.2) is 81.5 Å². The van der Waals surface area contributed by atoms with E-state index in [0.29, 0.717) is 42.6 Å². The van der Waals surface area contributed by atoms with Gasteiger partial charge in [0, 0.05) is 55.0 Å². The number of hydrogen-bond donors (Lipinski definition) is 2. The van der Waals surface area contributed by atoms with E-state index in [1.807, 2.05) is 13.8 Å². The first-order chi connectivity index (χ1) is 23.6. The number of nitrogens with one attached hydrogen (secondary N) is 1. The number of rotatable bonds is 5. The number of piperazine rings is 1. The molecule has 4 fully saturated rings. The monoisotopic (exact) mass is 666 g/mol. The van der Waals surface area contributed by atoms with Crippen LogP contribution in [0.25, 0.3) is 32.9 Å². The quantitative estimate of drug-likeness (QED) is 0.262. The molecule has 2 aromatic heterocycles. The second kappa shape index (κ2) is 12.1. The molecule has 11 heteroatoms. The normalized spacial score (nSPS) is 24.8. The van der Waals surface area contributed by atoms with E-state index in [1.54, 1.807) is 0 Å². The number of ether oxygens (including phenoxy) is 1. The molecule has 0 amide bonds. The fraction of sp³-hybridized carbons (Fsp3) is 0.447.